The van der Waals surface area contributed by atoms with Crippen molar-refractivity contribution in [3.8, 4) is 0 Å². The molecule has 152 valence electrons. The summed E-state index contributed by atoms with van der Waals surface area (Å²) in [6.07, 6.45) is 2.52. The van der Waals surface area contributed by atoms with E-state index in [-0.39, 0.29) is 29.6 Å². The van der Waals surface area contributed by atoms with Crippen LogP contribution in [0.15, 0.2) is 24.3 Å². The van der Waals surface area contributed by atoms with Crippen LogP contribution in [-0.4, -0.2) is 54.3 Å². The third-order valence-corrected chi connectivity index (χ3v) is 7.46. The van der Waals surface area contributed by atoms with E-state index in [1.807, 2.05) is 29.2 Å². The summed E-state index contributed by atoms with van der Waals surface area (Å²) in [4.78, 5) is 29.4. The van der Waals surface area contributed by atoms with Crippen molar-refractivity contribution in [3.05, 3.63) is 34.9 Å². The van der Waals surface area contributed by atoms with Crippen molar-refractivity contribution in [2.45, 2.75) is 25.8 Å². The molecule has 1 aliphatic carbocycles. The van der Waals surface area contributed by atoms with Crippen LogP contribution in [0.3, 0.4) is 0 Å². The molecular formula is C21H27Cl2N3O2. The first-order valence-electron chi connectivity index (χ1n) is 10.1. The molecule has 7 heteroatoms. The Hall–Kier alpha value is -1.30. The molecule has 3 saturated heterocycles. The molecule has 1 spiro atoms. The van der Waals surface area contributed by atoms with Crippen molar-refractivity contribution in [2.75, 3.05) is 32.7 Å². The van der Waals surface area contributed by atoms with Crippen LogP contribution in [-0.2, 0) is 16.1 Å². The SMILES string of the molecule is Cl.O=C1CC2(CCN(C(=O)C3[C@H]4CNC[C@@H]34)CC2)CN1Cc1ccc(Cl)cc1. The van der Waals surface area contributed by atoms with Crippen molar-refractivity contribution in [2.24, 2.45) is 23.2 Å². The summed E-state index contributed by atoms with van der Waals surface area (Å²) in [5.74, 6) is 2.04. The summed E-state index contributed by atoms with van der Waals surface area (Å²) in [6.45, 7) is 5.10. The minimum atomic E-state index is 0. The van der Waals surface area contributed by atoms with Gasteiger partial charge in [0.1, 0.15) is 0 Å². The Labute approximate surface area is 177 Å². The number of amides is 2. The van der Waals surface area contributed by atoms with Crippen LogP contribution in [0.5, 0.6) is 0 Å². The van der Waals surface area contributed by atoms with E-state index in [4.69, 9.17) is 11.6 Å². The number of benzene rings is 1. The van der Waals surface area contributed by atoms with Crippen LogP contribution in [0.2, 0.25) is 5.02 Å². The van der Waals surface area contributed by atoms with Gasteiger partial charge in [-0.05, 0) is 55.5 Å². The number of rotatable bonds is 3. The van der Waals surface area contributed by atoms with Crippen LogP contribution in [0, 0.1) is 23.2 Å². The molecule has 4 aliphatic rings. The highest BCUT2D eigenvalue weighted by Crippen LogP contribution is 2.50. The number of halogens is 2. The van der Waals surface area contributed by atoms with Crippen LogP contribution < -0.4 is 5.32 Å². The highest BCUT2D eigenvalue weighted by molar-refractivity contribution is 6.30. The van der Waals surface area contributed by atoms with Gasteiger partial charge in [-0.1, -0.05) is 23.7 Å². The molecule has 0 radical (unpaired) electrons. The minimum absolute atomic E-state index is 0. The highest BCUT2D eigenvalue weighted by Gasteiger charge is 2.58. The lowest BCUT2D eigenvalue weighted by molar-refractivity contribution is -0.135. The first-order valence-corrected chi connectivity index (χ1v) is 10.4. The molecule has 0 bridgehead atoms. The second-order valence-corrected chi connectivity index (χ2v) is 9.33. The summed E-state index contributed by atoms with van der Waals surface area (Å²) in [5.41, 5.74) is 1.17. The maximum absolute atomic E-state index is 12.8. The maximum atomic E-state index is 12.8. The molecule has 1 unspecified atom stereocenters. The zero-order valence-corrected chi connectivity index (χ0v) is 17.5. The molecule has 3 atom stereocenters. The maximum Gasteiger partial charge on any atom is 0.226 e. The average molecular weight is 424 g/mol. The lowest BCUT2D eigenvalue weighted by Crippen LogP contribution is -2.45. The van der Waals surface area contributed by atoms with Gasteiger partial charge in [-0.3, -0.25) is 9.59 Å². The molecule has 3 heterocycles. The van der Waals surface area contributed by atoms with E-state index in [1.165, 1.54) is 0 Å². The van der Waals surface area contributed by atoms with E-state index in [9.17, 15) is 9.59 Å². The first kappa shape index (κ1) is 20.0. The number of carbonyl (C=O) groups is 2. The van der Waals surface area contributed by atoms with Crippen molar-refractivity contribution in [3.63, 3.8) is 0 Å². The van der Waals surface area contributed by atoms with E-state index in [0.29, 0.717) is 30.7 Å². The van der Waals surface area contributed by atoms with Gasteiger partial charge in [0.25, 0.3) is 0 Å². The zero-order chi connectivity index (χ0) is 18.6. The van der Waals surface area contributed by atoms with E-state index >= 15 is 0 Å². The van der Waals surface area contributed by atoms with Crippen LogP contribution in [0.1, 0.15) is 24.8 Å². The molecule has 5 nitrogen and oxygen atoms in total. The number of nitrogens with zero attached hydrogens (tertiary/aromatic N) is 2. The third-order valence-electron chi connectivity index (χ3n) is 7.20. The fraction of sp³-hybridized carbons (Fsp3) is 0.619. The van der Waals surface area contributed by atoms with E-state index < -0.39 is 0 Å². The van der Waals surface area contributed by atoms with Crippen LogP contribution >= 0.6 is 24.0 Å². The van der Waals surface area contributed by atoms with Gasteiger partial charge in [0.2, 0.25) is 11.8 Å². The minimum Gasteiger partial charge on any atom is -0.342 e. The fourth-order valence-corrected chi connectivity index (χ4v) is 5.59. The highest BCUT2D eigenvalue weighted by atomic mass is 35.5. The lowest BCUT2D eigenvalue weighted by Gasteiger charge is -2.39. The van der Waals surface area contributed by atoms with E-state index in [0.717, 1.165) is 56.2 Å². The molecule has 1 aromatic rings. The monoisotopic (exact) mass is 423 g/mol. The van der Waals surface area contributed by atoms with Gasteiger partial charge < -0.3 is 15.1 Å². The molecule has 2 amide bonds. The standard InChI is InChI=1S/C21H26ClN3O2.ClH/c22-15-3-1-14(2-4-15)12-25-13-21(9-18(25)26)5-7-24(8-6-21)20(27)19-16-10-23-11-17(16)19;/h1-4,16-17,19,23H,5-13H2;1H/t16-,17+,19?;. The molecule has 4 fully saturated rings. The van der Waals surface area contributed by atoms with Gasteiger partial charge in [0.15, 0.2) is 0 Å². The number of hydrogen-bond donors (Lipinski definition) is 1. The predicted octanol–water partition coefficient (Wildman–Crippen LogP) is 2.57. The van der Waals surface area contributed by atoms with Crippen molar-refractivity contribution in [1.29, 1.82) is 0 Å². The topological polar surface area (TPSA) is 52.7 Å². The molecule has 1 N–H and O–H groups in total. The second-order valence-electron chi connectivity index (χ2n) is 8.89. The summed E-state index contributed by atoms with van der Waals surface area (Å²) in [6, 6.07) is 7.73. The van der Waals surface area contributed by atoms with Crippen molar-refractivity contribution >= 4 is 35.8 Å². The second kappa shape index (κ2) is 7.51. The summed E-state index contributed by atoms with van der Waals surface area (Å²) >= 11 is 5.95. The molecule has 0 aromatic heterocycles. The third kappa shape index (κ3) is 3.53. The van der Waals surface area contributed by atoms with Gasteiger partial charge in [-0.15, -0.1) is 12.4 Å². The van der Waals surface area contributed by atoms with E-state index in [1.54, 1.807) is 0 Å². The van der Waals surface area contributed by atoms with Gasteiger partial charge in [-0.2, -0.15) is 0 Å². The van der Waals surface area contributed by atoms with Gasteiger partial charge in [-0.25, -0.2) is 0 Å². The van der Waals surface area contributed by atoms with Crippen molar-refractivity contribution < 1.29 is 9.59 Å². The number of likely N-dealkylation sites (tertiary alicyclic amines) is 2. The molecule has 1 aromatic carbocycles. The van der Waals surface area contributed by atoms with Crippen LogP contribution in [0.4, 0.5) is 0 Å². The Balaban J connectivity index is 0.00000192. The zero-order valence-electron chi connectivity index (χ0n) is 15.9. The Bertz CT molecular complexity index is 751. The first-order chi connectivity index (χ1) is 13.0. The average Bonchev–Trinajstić information content (AvgIpc) is 2.98. The summed E-state index contributed by atoms with van der Waals surface area (Å²) in [5, 5.41) is 4.08. The summed E-state index contributed by atoms with van der Waals surface area (Å²) < 4.78 is 0. The molecule has 1 saturated carbocycles. The van der Waals surface area contributed by atoms with E-state index in [2.05, 4.69) is 10.2 Å². The number of carbonyl (C=O) groups excluding carboxylic acids is 2. The fourth-order valence-electron chi connectivity index (χ4n) is 5.47. The number of piperidine rings is 2. The van der Waals surface area contributed by atoms with Gasteiger partial charge in [0.05, 0.1) is 0 Å². The number of hydrogen-bond acceptors (Lipinski definition) is 3. The lowest BCUT2D eigenvalue weighted by atomic mass is 9.77. The van der Waals surface area contributed by atoms with Crippen LogP contribution in [0.25, 0.3) is 0 Å². The Morgan fingerprint density at radius 1 is 1.14 bits per heavy atom. The Kier molecular flexibility index (Phi) is 5.36. The number of fused-ring (bicyclic) bond motifs is 1. The Morgan fingerprint density at radius 3 is 2.43 bits per heavy atom. The van der Waals surface area contributed by atoms with Gasteiger partial charge >= 0.3 is 0 Å². The molecule has 28 heavy (non-hydrogen) atoms. The Morgan fingerprint density at radius 2 is 1.79 bits per heavy atom. The molecule has 5 rings (SSSR count). The normalized spacial score (nSPS) is 30.3. The molecular weight excluding hydrogens is 397 g/mol. The van der Waals surface area contributed by atoms with Crippen molar-refractivity contribution in [1.82, 2.24) is 15.1 Å². The summed E-state index contributed by atoms with van der Waals surface area (Å²) in [7, 11) is 0. The smallest absolute Gasteiger partial charge is 0.226 e. The number of nitrogens with one attached hydrogen (secondary N) is 1. The molecule has 3 aliphatic heterocycles. The quantitative estimate of drug-likeness (QED) is 0.812. The van der Waals surface area contributed by atoms with Gasteiger partial charge in [0, 0.05) is 49.0 Å². The predicted molar refractivity (Wildman–Crippen MR) is 110 cm³/mol. The largest absolute Gasteiger partial charge is 0.342 e.